The highest BCUT2D eigenvalue weighted by molar-refractivity contribution is 6.31. The molecule has 1 fully saturated rings. The summed E-state index contributed by atoms with van der Waals surface area (Å²) < 4.78 is 0. The van der Waals surface area contributed by atoms with Crippen molar-refractivity contribution in [3.05, 3.63) is 28.8 Å². The number of hydrogen-bond acceptors (Lipinski definition) is 2. The van der Waals surface area contributed by atoms with E-state index >= 15 is 0 Å². The maximum atomic E-state index is 12.4. The molecule has 18 heavy (non-hydrogen) atoms. The van der Waals surface area contributed by atoms with Crippen LogP contribution in [0.4, 0.5) is 5.69 Å². The van der Waals surface area contributed by atoms with Gasteiger partial charge in [0.15, 0.2) is 0 Å². The van der Waals surface area contributed by atoms with Gasteiger partial charge in [-0.15, -0.1) is 0 Å². The average Bonchev–Trinajstić information content (AvgIpc) is 2.84. The molecule has 1 saturated heterocycles. The molecule has 98 valence electrons. The highest BCUT2D eigenvalue weighted by Gasteiger charge is 2.39. The van der Waals surface area contributed by atoms with Crippen molar-refractivity contribution in [1.29, 1.82) is 0 Å². The lowest BCUT2D eigenvalue weighted by Crippen LogP contribution is -2.50. The maximum Gasteiger partial charge on any atom is 0.244 e. The third kappa shape index (κ3) is 2.52. The molecule has 0 saturated carbocycles. The van der Waals surface area contributed by atoms with E-state index in [2.05, 4.69) is 10.6 Å². The second-order valence-electron chi connectivity index (χ2n) is 4.88. The topological polar surface area (TPSA) is 41.1 Å². The van der Waals surface area contributed by atoms with Gasteiger partial charge >= 0.3 is 0 Å². The van der Waals surface area contributed by atoms with E-state index in [0.717, 1.165) is 37.1 Å². The fraction of sp³-hybridized carbons (Fsp3) is 0.500. The van der Waals surface area contributed by atoms with Gasteiger partial charge in [0.05, 0.1) is 5.54 Å². The van der Waals surface area contributed by atoms with E-state index in [1.165, 1.54) is 0 Å². The summed E-state index contributed by atoms with van der Waals surface area (Å²) in [6.45, 7) is 4.92. The summed E-state index contributed by atoms with van der Waals surface area (Å²) in [7, 11) is 0. The molecule has 0 aliphatic carbocycles. The first kappa shape index (κ1) is 13.4. The van der Waals surface area contributed by atoms with E-state index in [4.69, 9.17) is 11.6 Å². The van der Waals surface area contributed by atoms with Crippen LogP contribution in [0.1, 0.15) is 31.7 Å². The Morgan fingerprint density at radius 3 is 2.94 bits per heavy atom. The maximum absolute atomic E-state index is 12.4. The van der Waals surface area contributed by atoms with Gasteiger partial charge in [0.2, 0.25) is 5.91 Å². The van der Waals surface area contributed by atoms with Crippen LogP contribution in [-0.4, -0.2) is 18.0 Å². The van der Waals surface area contributed by atoms with Crippen molar-refractivity contribution in [3.63, 3.8) is 0 Å². The van der Waals surface area contributed by atoms with Crippen molar-refractivity contribution >= 4 is 23.2 Å². The van der Waals surface area contributed by atoms with Crippen molar-refractivity contribution < 1.29 is 4.79 Å². The molecule has 0 aromatic heterocycles. The molecule has 1 aliphatic heterocycles. The molecule has 3 nitrogen and oxygen atoms in total. The zero-order valence-corrected chi connectivity index (χ0v) is 11.6. The number of halogens is 1. The number of anilines is 1. The lowest BCUT2D eigenvalue weighted by Gasteiger charge is -2.27. The van der Waals surface area contributed by atoms with E-state index < -0.39 is 5.54 Å². The van der Waals surface area contributed by atoms with Gasteiger partial charge in [-0.3, -0.25) is 4.79 Å². The fourth-order valence-corrected chi connectivity index (χ4v) is 2.61. The number of carbonyl (C=O) groups excluding carboxylic acids is 1. The molecule has 0 bridgehead atoms. The van der Waals surface area contributed by atoms with E-state index in [0.29, 0.717) is 5.02 Å². The second-order valence-corrected chi connectivity index (χ2v) is 5.32. The molecule has 2 N–H and O–H groups in total. The summed E-state index contributed by atoms with van der Waals surface area (Å²) in [4.78, 5) is 12.4. The fourth-order valence-electron chi connectivity index (χ4n) is 2.43. The molecule has 1 heterocycles. The molecule has 1 aromatic rings. The van der Waals surface area contributed by atoms with Gasteiger partial charge in [-0.05, 0) is 50.4 Å². The van der Waals surface area contributed by atoms with Gasteiger partial charge in [0, 0.05) is 10.7 Å². The number of benzene rings is 1. The van der Waals surface area contributed by atoms with Gasteiger partial charge in [-0.25, -0.2) is 0 Å². The molecule has 1 atom stereocenters. The quantitative estimate of drug-likeness (QED) is 0.883. The molecule has 1 unspecified atom stereocenters. The number of nitrogens with one attached hydrogen (secondary N) is 2. The molecular weight excluding hydrogens is 248 g/mol. The Morgan fingerprint density at radius 2 is 2.33 bits per heavy atom. The van der Waals surface area contributed by atoms with E-state index in [1.807, 2.05) is 26.0 Å². The van der Waals surface area contributed by atoms with Crippen LogP contribution in [0.2, 0.25) is 5.02 Å². The molecule has 0 radical (unpaired) electrons. The standard InChI is InChI=1S/C14H19ClN2O/c1-3-14(7-4-8-16-14)13(18)17-12-9-11(15)6-5-10(12)2/h5-6,9,16H,3-4,7-8H2,1-2H3,(H,17,18). The third-order valence-electron chi connectivity index (χ3n) is 3.73. The van der Waals surface area contributed by atoms with Gasteiger partial charge in [-0.1, -0.05) is 24.6 Å². The van der Waals surface area contributed by atoms with Crippen LogP contribution < -0.4 is 10.6 Å². The van der Waals surface area contributed by atoms with Crippen LogP contribution in [0.3, 0.4) is 0 Å². The second kappa shape index (κ2) is 5.29. The molecule has 1 amide bonds. The van der Waals surface area contributed by atoms with Crippen LogP contribution in [0.25, 0.3) is 0 Å². The van der Waals surface area contributed by atoms with E-state index in [1.54, 1.807) is 6.07 Å². The average molecular weight is 267 g/mol. The Labute approximate surface area is 113 Å². The number of amides is 1. The smallest absolute Gasteiger partial charge is 0.244 e. The first-order valence-corrected chi connectivity index (χ1v) is 6.78. The van der Waals surface area contributed by atoms with Gasteiger partial charge in [-0.2, -0.15) is 0 Å². The first-order valence-electron chi connectivity index (χ1n) is 6.40. The normalized spacial score (nSPS) is 23.1. The van der Waals surface area contributed by atoms with Gasteiger partial charge in [0.1, 0.15) is 0 Å². The molecule has 0 spiro atoms. The first-order chi connectivity index (χ1) is 8.57. The number of rotatable bonds is 3. The van der Waals surface area contributed by atoms with Crippen LogP contribution in [-0.2, 0) is 4.79 Å². The predicted molar refractivity (Wildman–Crippen MR) is 75.1 cm³/mol. The van der Waals surface area contributed by atoms with Gasteiger partial charge < -0.3 is 10.6 Å². The summed E-state index contributed by atoms with van der Waals surface area (Å²) in [5.74, 6) is 0.0490. The Kier molecular flexibility index (Phi) is 3.93. The number of carbonyl (C=O) groups is 1. The highest BCUT2D eigenvalue weighted by atomic mass is 35.5. The lowest BCUT2D eigenvalue weighted by molar-refractivity contribution is -0.122. The highest BCUT2D eigenvalue weighted by Crippen LogP contribution is 2.26. The summed E-state index contributed by atoms with van der Waals surface area (Å²) in [5.41, 5.74) is 1.42. The van der Waals surface area contributed by atoms with Crippen molar-refractivity contribution in [2.24, 2.45) is 0 Å². The Hall–Kier alpha value is -1.06. The minimum Gasteiger partial charge on any atom is -0.324 e. The van der Waals surface area contributed by atoms with Crippen LogP contribution in [0.15, 0.2) is 18.2 Å². The van der Waals surface area contributed by atoms with Crippen molar-refractivity contribution in [1.82, 2.24) is 5.32 Å². The summed E-state index contributed by atoms with van der Waals surface area (Å²) in [6.07, 6.45) is 2.75. The van der Waals surface area contributed by atoms with Crippen LogP contribution in [0.5, 0.6) is 0 Å². The molecule has 1 aliphatic rings. The summed E-state index contributed by atoms with van der Waals surface area (Å²) in [6, 6.07) is 5.54. The Bertz CT molecular complexity index is 453. The predicted octanol–water partition coefficient (Wildman–Crippen LogP) is 3.12. The molecule has 1 aromatic carbocycles. The van der Waals surface area contributed by atoms with E-state index in [-0.39, 0.29) is 5.91 Å². The minimum absolute atomic E-state index is 0.0490. The lowest BCUT2D eigenvalue weighted by atomic mass is 9.93. The number of hydrogen-bond donors (Lipinski definition) is 2. The van der Waals surface area contributed by atoms with E-state index in [9.17, 15) is 4.79 Å². The summed E-state index contributed by atoms with van der Waals surface area (Å²) >= 11 is 5.96. The largest absolute Gasteiger partial charge is 0.324 e. The summed E-state index contributed by atoms with van der Waals surface area (Å²) in [5, 5.41) is 6.97. The van der Waals surface area contributed by atoms with Crippen molar-refractivity contribution in [2.75, 3.05) is 11.9 Å². The van der Waals surface area contributed by atoms with Crippen molar-refractivity contribution in [3.8, 4) is 0 Å². The SMILES string of the molecule is CCC1(C(=O)Nc2cc(Cl)ccc2C)CCCN1. The number of aryl methyl sites for hydroxylation is 1. The molecule has 2 rings (SSSR count). The third-order valence-corrected chi connectivity index (χ3v) is 3.96. The zero-order chi connectivity index (χ0) is 13.2. The van der Waals surface area contributed by atoms with Gasteiger partial charge in [0.25, 0.3) is 0 Å². The Morgan fingerprint density at radius 1 is 1.56 bits per heavy atom. The van der Waals surface area contributed by atoms with Crippen LogP contribution in [0, 0.1) is 6.92 Å². The Balaban J connectivity index is 2.18. The minimum atomic E-state index is -0.408. The molecular formula is C14H19ClN2O. The molecule has 4 heteroatoms. The van der Waals surface area contributed by atoms with Crippen LogP contribution >= 0.6 is 11.6 Å². The zero-order valence-electron chi connectivity index (χ0n) is 10.8. The van der Waals surface area contributed by atoms with Crippen molar-refractivity contribution in [2.45, 2.75) is 38.6 Å². The monoisotopic (exact) mass is 266 g/mol.